The second kappa shape index (κ2) is 6.36. The maximum atomic E-state index is 9.54. The van der Waals surface area contributed by atoms with Gasteiger partial charge in [-0.05, 0) is 31.0 Å². The van der Waals surface area contributed by atoms with E-state index >= 15 is 0 Å². The Bertz CT molecular complexity index is 815. The minimum absolute atomic E-state index is 0.0233. The van der Waals surface area contributed by atoms with Crippen LogP contribution in [0.25, 0.3) is 5.70 Å². The zero-order valence-electron chi connectivity index (χ0n) is 13.2. The van der Waals surface area contributed by atoms with Gasteiger partial charge in [-0.15, -0.1) is 0 Å². The van der Waals surface area contributed by atoms with E-state index in [1.54, 1.807) is 0 Å². The monoisotopic (exact) mass is 318 g/mol. The van der Waals surface area contributed by atoms with Crippen molar-refractivity contribution >= 4 is 22.9 Å². The molecule has 23 heavy (non-hydrogen) atoms. The first-order chi connectivity index (χ1) is 11.1. The molecule has 0 radical (unpaired) electrons. The number of nitrogens with zero attached hydrogens (tertiary/aromatic N) is 1. The molecule has 3 rings (SSSR count). The van der Waals surface area contributed by atoms with Crippen LogP contribution in [0.4, 0.5) is 0 Å². The molecule has 0 saturated heterocycles. The van der Waals surface area contributed by atoms with Gasteiger partial charge in [0, 0.05) is 17.2 Å². The molecule has 0 fully saturated rings. The average Bonchev–Trinajstić information content (AvgIpc) is 2.57. The molecule has 0 saturated carbocycles. The van der Waals surface area contributed by atoms with Crippen molar-refractivity contribution in [2.24, 2.45) is 5.92 Å². The number of hydrogen-bond donors (Lipinski definition) is 1. The van der Waals surface area contributed by atoms with Gasteiger partial charge in [0.2, 0.25) is 0 Å². The minimum Gasteiger partial charge on any atom is -0.349 e. The summed E-state index contributed by atoms with van der Waals surface area (Å²) in [5, 5.41) is 12.8. The fraction of sp³-hybridized carbons (Fsp3) is 0.200. The Morgan fingerprint density at radius 2 is 1.83 bits per heavy atom. The van der Waals surface area contributed by atoms with Crippen LogP contribution >= 0.6 is 12.2 Å². The van der Waals surface area contributed by atoms with Crippen molar-refractivity contribution in [1.82, 2.24) is 5.32 Å². The number of thiocarbonyl (C=S) groups is 1. The van der Waals surface area contributed by atoms with Gasteiger partial charge in [0.05, 0.1) is 11.1 Å². The predicted octanol–water partition coefficient (Wildman–Crippen LogP) is 4.50. The fourth-order valence-corrected chi connectivity index (χ4v) is 3.29. The summed E-state index contributed by atoms with van der Waals surface area (Å²) in [4.78, 5) is 0.597. The molecule has 2 nitrogen and oxygen atoms in total. The van der Waals surface area contributed by atoms with Crippen molar-refractivity contribution in [3.63, 3.8) is 0 Å². The number of allylic oxidation sites excluding steroid dienone is 1. The molecule has 2 aromatic rings. The van der Waals surface area contributed by atoms with Gasteiger partial charge in [-0.2, -0.15) is 5.26 Å². The van der Waals surface area contributed by atoms with E-state index in [9.17, 15) is 5.26 Å². The maximum Gasteiger partial charge on any atom is 0.107 e. The maximum absolute atomic E-state index is 9.54. The lowest BCUT2D eigenvalue weighted by Crippen LogP contribution is -2.35. The largest absolute Gasteiger partial charge is 0.349 e. The Morgan fingerprint density at radius 3 is 2.52 bits per heavy atom. The van der Waals surface area contributed by atoms with E-state index in [1.807, 2.05) is 18.2 Å². The van der Waals surface area contributed by atoms with Crippen LogP contribution in [0, 0.1) is 31.1 Å². The van der Waals surface area contributed by atoms with Gasteiger partial charge in [-0.25, -0.2) is 0 Å². The van der Waals surface area contributed by atoms with Crippen LogP contribution in [0.15, 0.2) is 54.6 Å². The zero-order chi connectivity index (χ0) is 16.4. The molecule has 0 aliphatic carbocycles. The smallest absolute Gasteiger partial charge is 0.107 e. The number of nitrogens with one attached hydrogen (secondary N) is 1. The van der Waals surface area contributed by atoms with Gasteiger partial charge in [0.1, 0.15) is 5.92 Å². The molecule has 0 spiro atoms. The molecule has 2 aromatic carbocycles. The molecule has 1 aliphatic heterocycles. The molecule has 2 atom stereocenters. The Kier molecular flexibility index (Phi) is 4.27. The summed E-state index contributed by atoms with van der Waals surface area (Å²) in [5.74, 6) is -0.355. The predicted molar refractivity (Wildman–Crippen MR) is 97.9 cm³/mol. The average molecular weight is 318 g/mol. The molecule has 0 amide bonds. The third kappa shape index (κ3) is 3.04. The van der Waals surface area contributed by atoms with Crippen molar-refractivity contribution in [2.45, 2.75) is 19.8 Å². The van der Waals surface area contributed by atoms with Crippen molar-refractivity contribution in [2.75, 3.05) is 0 Å². The summed E-state index contributed by atoms with van der Waals surface area (Å²) in [5.41, 5.74) is 5.66. The number of nitriles is 1. The first-order valence-electron chi connectivity index (χ1n) is 7.65. The van der Waals surface area contributed by atoms with Crippen molar-refractivity contribution < 1.29 is 0 Å². The van der Waals surface area contributed by atoms with Crippen LogP contribution in [0.2, 0.25) is 0 Å². The molecule has 3 heteroatoms. The van der Waals surface area contributed by atoms with E-state index in [4.69, 9.17) is 12.2 Å². The summed E-state index contributed by atoms with van der Waals surface area (Å²) in [6.45, 7) is 4.17. The van der Waals surface area contributed by atoms with Gasteiger partial charge in [0.15, 0.2) is 0 Å². The molecule has 0 aromatic heterocycles. The molecule has 1 aliphatic rings. The van der Waals surface area contributed by atoms with Crippen LogP contribution < -0.4 is 5.32 Å². The SMILES string of the molecule is Cc1ccc(C)c(C2=C[C@@H](c3ccccc3)[C@@H](C#N)C(=S)N2)c1. The fourth-order valence-electron chi connectivity index (χ4n) is 2.98. The zero-order valence-corrected chi connectivity index (χ0v) is 14.0. The minimum atomic E-state index is -0.332. The quantitative estimate of drug-likeness (QED) is 0.828. The summed E-state index contributed by atoms with van der Waals surface area (Å²) in [6, 6.07) is 18.8. The van der Waals surface area contributed by atoms with Crippen molar-refractivity contribution in [3.8, 4) is 6.07 Å². The van der Waals surface area contributed by atoms with Crippen LogP contribution in [-0.2, 0) is 0 Å². The van der Waals surface area contributed by atoms with Gasteiger partial charge in [-0.3, -0.25) is 0 Å². The van der Waals surface area contributed by atoms with E-state index in [0.717, 1.165) is 16.8 Å². The molecule has 1 heterocycles. The summed E-state index contributed by atoms with van der Waals surface area (Å²) >= 11 is 5.48. The number of benzene rings is 2. The molecule has 114 valence electrons. The van der Waals surface area contributed by atoms with E-state index in [2.05, 4.69) is 61.6 Å². The Labute approximate surface area is 142 Å². The van der Waals surface area contributed by atoms with Crippen LogP contribution in [0.5, 0.6) is 0 Å². The molecule has 1 N–H and O–H groups in total. The highest BCUT2D eigenvalue weighted by Gasteiger charge is 2.30. The number of rotatable bonds is 2. The topological polar surface area (TPSA) is 35.8 Å². The van der Waals surface area contributed by atoms with Crippen LogP contribution in [-0.4, -0.2) is 4.99 Å². The highest BCUT2D eigenvalue weighted by atomic mass is 32.1. The van der Waals surface area contributed by atoms with Gasteiger partial charge in [0.25, 0.3) is 0 Å². The Balaban J connectivity index is 2.11. The molecule has 0 bridgehead atoms. The lowest BCUT2D eigenvalue weighted by molar-refractivity contribution is 0.733. The molecular weight excluding hydrogens is 300 g/mol. The van der Waals surface area contributed by atoms with Crippen LogP contribution in [0.1, 0.15) is 28.2 Å². The molecule has 0 unspecified atom stereocenters. The third-order valence-electron chi connectivity index (χ3n) is 4.25. The normalized spacial score (nSPS) is 20.4. The van der Waals surface area contributed by atoms with Gasteiger partial charge in [-0.1, -0.05) is 66.3 Å². The standard InChI is InChI=1S/C20H18N2S/c1-13-8-9-14(2)16(10-13)19-11-17(15-6-4-3-5-7-15)18(12-21)20(23)22-19/h3-11,17-18H,1-2H3,(H,22,23)/t17-,18+/m0/s1. The van der Waals surface area contributed by atoms with Gasteiger partial charge < -0.3 is 5.32 Å². The van der Waals surface area contributed by atoms with Crippen LogP contribution in [0.3, 0.4) is 0 Å². The number of aryl methyl sites for hydroxylation is 2. The summed E-state index contributed by atoms with van der Waals surface area (Å²) < 4.78 is 0. The molecular formula is C20H18N2S. The van der Waals surface area contributed by atoms with Gasteiger partial charge >= 0.3 is 0 Å². The lowest BCUT2D eigenvalue weighted by atomic mass is 9.82. The van der Waals surface area contributed by atoms with E-state index in [0.29, 0.717) is 4.99 Å². The first-order valence-corrected chi connectivity index (χ1v) is 8.06. The summed E-state index contributed by atoms with van der Waals surface area (Å²) in [6.07, 6.45) is 2.14. The van der Waals surface area contributed by atoms with E-state index < -0.39 is 0 Å². The lowest BCUT2D eigenvalue weighted by Gasteiger charge is -2.29. The number of hydrogen-bond acceptors (Lipinski definition) is 2. The highest BCUT2D eigenvalue weighted by molar-refractivity contribution is 7.80. The third-order valence-corrected chi connectivity index (χ3v) is 4.61. The highest BCUT2D eigenvalue weighted by Crippen LogP contribution is 2.34. The van der Waals surface area contributed by atoms with E-state index in [1.165, 1.54) is 11.1 Å². The van der Waals surface area contributed by atoms with Crippen molar-refractivity contribution in [1.29, 1.82) is 5.26 Å². The second-order valence-electron chi connectivity index (χ2n) is 5.93. The first kappa shape index (κ1) is 15.5. The second-order valence-corrected chi connectivity index (χ2v) is 6.37. The Morgan fingerprint density at radius 1 is 1.09 bits per heavy atom. The van der Waals surface area contributed by atoms with Crippen molar-refractivity contribution in [3.05, 3.63) is 76.9 Å². The Hall–Kier alpha value is -2.44. The van der Waals surface area contributed by atoms with E-state index in [-0.39, 0.29) is 11.8 Å². The summed E-state index contributed by atoms with van der Waals surface area (Å²) in [7, 11) is 0.